The van der Waals surface area contributed by atoms with Gasteiger partial charge in [0.25, 0.3) is 0 Å². The molecule has 3 nitrogen and oxygen atoms in total. The van der Waals surface area contributed by atoms with Gasteiger partial charge in [0.2, 0.25) is 0 Å². The highest BCUT2D eigenvalue weighted by molar-refractivity contribution is 7.80. The van der Waals surface area contributed by atoms with Crippen LogP contribution in [0.25, 0.3) is 11.1 Å². The molecule has 5 heteroatoms. The van der Waals surface area contributed by atoms with E-state index < -0.39 is 7.92 Å². The monoisotopic (exact) mass is 518 g/mol. The van der Waals surface area contributed by atoms with Gasteiger partial charge in [-0.15, -0.1) is 0 Å². The summed E-state index contributed by atoms with van der Waals surface area (Å²) in [4.78, 5) is 0. The van der Waals surface area contributed by atoms with Crippen molar-refractivity contribution in [3.05, 3.63) is 96.1 Å². The Bertz CT molecular complexity index is 1580. The molecule has 1 unspecified atom stereocenters. The number of ether oxygens (including phenoxy) is 1. The Balaban J connectivity index is 1.40. The molecule has 1 aliphatic carbocycles. The molecule has 4 aromatic rings. The second-order valence-electron chi connectivity index (χ2n) is 12.1. The fourth-order valence-electron chi connectivity index (χ4n) is 6.00. The first-order valence-electron chi connectivity index (χ1n) is 13.4. The van der Waals surface area contributed by atoms with Gasteiger partial charge >= 0.3 is 7.12 Å². The summed E-state index contributed by atoms with van der Waals surface area (Å²) in [7, 11) is -1.12. The van der Waals surface area contributed by atoms with Crippen molar-refractivity contribution in [2.45, 2.75) is 58.2 Å². The van der Waals surface area contributed by atoms with Crippen molar-refractivity contribution < 1.29 is 14.0 Å². The van der Waals surface area contributed by atoms with Crippen LogP contribution in [0.4, 0.5) is 0 Å². The smallest absolute Gasteiger partial charge is 0.456 e. The second kappa shape index (κ2) is 8.05. The van der Waals surface area contributed by atoms with Crippen LogP contribution >= 0.6 is 7.92 Å². The van der Waals surface area contributed by atoms with Crippen molar-refractivity contribution in [1.82, 2.24) is 0 Å². The van der Waals surface area contributed by atoms with E-state index in [2.05, 4.69) is 126 Å². The van der Waals surface area contributed by atoms with E-state index in [1.54, 1.807) is 0 Å². The normalized spacial score (nSPS) is 21.2. The molecule has 0 amide bonds. The Morgan fingerprint density at radius 2 is 1.26 bits per heavy atom. The standard InChI is InChI=1S/C33H32BO3P/c1-31(2)25-17-16-21(34-36-32(3,4)33(5,6)37-34)18-23(25)24-19-30-28(20-26(24)31)35-27-14-10-11-15-29(27)38(30)22-12-8-7-9-13-22/h7-20H,1-6H3. The Morgan fingerprint density at radius 3 is 2.00 bits per heavy atom. The average Bonchev–Trinajstić information content (AvgIpc) is 3.25. The molecule has 1 saturated heterocycles. The zero-order chi connectivity index (χ0) is 26.4. The van der Waals surface area contributed by atoms with Gasteiger partial charge in [-0.25, -0.2) is 0 Å². The topological polar surface area (TPSA) is 27.7 Å². The lowest BCUT2D eigenvalue weighted by atomic mass is 9.76. The van der Waals surface area contributed by atoms with Crippen molar-refractivity contribution in [1.29, 1.82) is 0 Å². The Labute approximate surface area is 227 Å². The molecule has 1 fully saturated rings. The van der Waals surface area contributed by atoms with Crippen LogP contribution < -0.4 is 26.1 Å². The van der Waals surface area contributed by atoms with Gasteiger partial charge in [-0.2, -0.15) is 0 Å². The van der Waals surface area contributed by atoms with Gasteiger partial charge < -0.3 is 14.0 Å². The summed E-state index contributed by atoms with van der Waals surface area (Å²) in [5.41, 5.74) is 5.37. The van der Waals surface area contributed by atoms with Crippen LogP contribution in [0.1, 0.15) is 52.7 Å². The molecule has 0 bridgehead atoms. The third kappa shape index (κ3) is 3.40. The van der Waals surface area contributed by atoms with Crippen LogP contribution in [0.15, 0.2) is 84.9 Å². The molecule has 38 heavy (non-hydrogen) atoms. The Morgan fingerprint density at radius 1 is 0.605 bits per heavy atom. The van der Waals surface area contributed by atoms with Gasteiger partial charge in [0.1, 0.15) is 11.5 Å². The predicted molar refractivity (Wildman–Crippen MR) is 159 cm³/mol. The number of fused-ring (bicyclic) bond motifs is 5. The first kappa shape index (κ1) is 24.2. The molecule has 7 rings (SSSR count). The predicted octanol–water partition coefficient (Wildman–Crippen LogP) is 6.16. The van der Waals surface area contributed by atoms with Gasteiger partial charge in [0.15, 0.2) is 0 Å². The molecule has 0 aromatic heterocycles. The van der Waals surface area contributed by atoms with Crippen molar-refractivity contribution in [2.75, 3.05) is 0 Å². The number of hydrogen-bond acceptors (Lipinski definition) is 3. The van der Waals surface area contributed by atoms with Crippen LogP contribution in [-0.4, -0.2) is 18.3 Å². The molecule has 0 saturated carbocycles. The van der Waals surface area contributed by atoms with Gasteiger partial charge in [-0.05, 0) is 86.8 Å². The number of rotatable bonds is 2. The summed E-state index contributed by atoms with van der Waals surface area (Å²) >= 11 is 0. The number of para-hydroxylation sites is 1. The molecule has 190 valence electrons. The highest BCUT2D eigenvalue weighted by Gasteiger charge is 2.52. The van der Waals surface area contributed by atoms with E-state index in [4.69, 9.17) is 14.0 Å². The molecule has 4 aromatic carbocycles. The van der Waals surface area contributed by atoms with Crippen LogP contribution in [0.2, 0.25) is 0 Å². The molecule has 2 aliphatic heterocycles. The summed E-state index contributed by atoms with van der Waals surface area (Å²) in [6.45, 7) is 13.1. The first-order valence-corrected chi connectivity index (χ1v) is 14.7. The lowest BCUT2D eigenvalue weighted by molar-refractivity contribution is 0.00578. The van der Waals surface area contributed by atoms with Crippen LogP contribution in [-0.2, 0) is 14.7 Å². The maximum Gasteiger partial charge on any atom is 0.494 e. The minimum Gasteiger partial charge on any atom is -0.456 e. The van der Waals surface area contributed by atoms with Gasteiger partial charge in [-0.1, -0.05) is 80.6 Å². The van der Waals surface area contributed by atoms with Gasteiger partial charge in [-0.3, -0.25) is 0 Å². The van der Waals surface area contributed by atoms with E-state index in [0.717, 1.165) is 17.0 Å². The van der Waals surface area contributed by atoms with E-state index in [1.807, 2.05) is 0 Å². The van der Waals surface area contributed by atoms with Gasteiger partial charge in [0.05, 0.1) is 11.2 Å². The van der Waals surface area contributed by atoms with E-state index in [1.165, 1.54) is 38.2 Å². The van der Waals surface area contributed by atoms with Crippen molar-refractivity contribution >= 4 is 36.4 Å². The van der Waals surface area contributed by atoms with E-state index in [9.17, 15) is 0 Å². The first-order chi connectivity index (χ1) is 18.1. The van der Waals surface area contributed by atoms with E-state index in [-0.39, 0.29) is 23.7 Å². The lowest BCUT2D eigenvalue weighted by Gasteiger charge is -2.32. The van der Waals surface area contributed by atoms with Crippen molar-refractivity contribution in [2.24, 2.45) is 0 Å². The summed E-state index contributed by atoms with van der Waals surface area (Å²) in [5, 5.41) is 3.88. The molecule has 1 atom stereocenters. The molecule has 3 aliphatic rings. The van der Waals surface area contributed by atoms with E-state index >= 15 is 0 Å². The lowest BCUT2D eigenvalue weighted by Crippen LogP contribution is -2.41. The number of benzene rings is 4. The molecule has 0 N–H and O–H groups in total. The molecule has 2 heterocycles. The fourth-order valence-corrected chi connectivity index (χ4v) is 8.45. The minimum absolute atomic E-state index is 0.135. The summed E-state index contributed by atoms with van der Waals surface area (Å²) in [6, 6.07) is 30.8. The fraction of sp³-hybridized carbons (Fsp3) is 0.273. The SMILES string of the molecule is CC1(C)c2ccc(B3OC(C)(C)C(C)(C)O3)cc2-c2cc3c(cc21)Oc1ccccc1P3c1ccccc1. The number of hydrogen-bond donors (Lipinski definition) is 0. The van der Waals surface area contributed by atoms with Crippen LogP contribution in [0.3, 0.4) is 0 Å². The third-order valence-electron chi connectivity index (χ3n) is 8.89. The Kier molecular flexibility index (Phi) is 5.12. The molecule has 0 spiro atoms. The molecule has 0 radical (unpaired) electrons. The highest BCUT2D eigenvalue weighted by atomic mass is 31.1. The van der Waals surface area contributed by atoms with Gasteiger partial charge in [0, 0.05) is 16.0 Å². The molecular formula is C33H32BO3P. The zero-order valence-corrected chi connectivity index (χ0v) is 23.7. The maximum absolute atomic E-state index is 6.57. The maximum atomic E-state index is 6.57. The molecular weight excluding hydrogens is 486 g/mol. The zero-order valence-electron chi connectivity index (χ0n) is 22.8. The van der Waals surface area contributed by atoms with E-state index in [0.29, 0.717) is 0 Å². The quantitative estimate of drug-likeness (QED) is 0.207. The van der Waals surface area contributed by atoms with Crippen LogP contribution in [0, 0.1) is 0 Å². The summed E-state index contributed by atoms with van der Waals surface area (Å²) in [5.74, 6) is 1.94. The Hall–Kier alpha value is -2.91. The second-order valence-corrected chi connectivity index (χ2v) is 14.3. The summed E-state index contributed by atoms with van der Waals surface area (Å²) < 4.78 is 19.4. The average molecular weight is 518 g/mol. The van der Waals surface area contributed by atoms with Crippen molar-refractivity contribution in [3.63, 3.8) is 0 Å². The summed E-state index contributed by atoms with van der Waals surface area (Å²) in [6.07, 6.45) is 0. The van der Waals surface area contributed by atoms with Crippen molar-refractivity contribution in [3.8, 4) is 22.6 Å². The third-order valence-corrected chi connectivity index (χ3v) is 11.4. The minimum atomic E-state index is -0.741. The largest absolute Gasteiger partial charge is 0.494 e. The highest BCUT2D eigenvalue weighted by Crippen LogP contribution is 2.53. The van der Waals surface area contributed by atoms with Crippen LogP contribution in [0.5, 0.6) is 11.5 Å².